The van der Waals surface area contributed by atoms with Crippen molar-refractivity contribution in [2.24, 2.45) is 30.0 Å². The summed E-state index contributed by atoms with van der Waals surface area (Å²) in [5.74, 6) is 1.41. The molecule has 3 atom stereocenters. The number of rotatable bonds is 3. The van der Waals surface area contributed by atoms with Crippen molar-refractivity contribution < 1.29 is 0 Å². The van der Waals surface area contributed by atoms with Crippen LogP contribution in [-0.2, 0) is 13.5 Å². The number of nitrogens with two attached hydrogens (primary N) is 1. The standard InChI is InChI=1S/C15H27N3/c1-11-5-6-13(14(16)9-11)15(2,3)10-12-7-8-18(4)17-12/h7-8,11,13-14H,5-6,9-10,16H2,1-4H3. The van der Waals surface area contributed by atoms with E-state index in [0.717, 1.165) is 12.3 Å². The van der Waals surface area contributed by atoms with Crippen LogP contribution in [0.1, 0.15) is 45.7 Å². The second-order valence-electron chi connectivity index (χ2n) is 6.83. The first-order valence-electron chi connectivity index (χ1n) is 7.12. The molecule has 3 heteroatoms. The molecule has 1 aliphatic rings. The van der Waals surface area contributed by atoms with Crippen molar-refractivity contribution in [3.05, 3.63) is 18.0 Å². The van der Waals surface area contributed by atoms with Gasteiger partial charge in [0.25, 0.3) is 0 Å². The Bertz CT molecular complexity index is 394. The fourth-order valence-corrected chi connectivity index (χ4v) is 3.55. The van der Waals surface area contributed by atoms with Crippen LogP contribution in [-0.4, -0.2) is 15.8 Å². The van der Waals surface area contributed by atoms with Gasteiger partial charge in [-0.1, -0.05) is 27.2 Å². The van der Waals surface area contributed by atoms with Crippen LogP contribution in [0.2, 0.25) is 0 Å². The molecule has 0 spiro atoms. The van der Waals surface area contributed by atoms with Crippen molar-refractivity contribution in [1.82, 2.24) is 9.78 Å². The van der Waals surface area contributed by atoms with Crippen LogP contribution >= 0.6 is 0 Å². The molecule has 102 valence electrons. The number of nitrogens with zero attached hydrogens (tertiary/aromatic N) is 2. The summed E-state index contributed by atoms with van der Waals surface area (Å²) in [7, 11) is 1.98. The molecule has 3 unspecified atom stereocenters. The van der Waals surface area contributed by atoms with Crippen LogP contribution in [0.25, 0.3) is 0 Å². The minimum atomic E-state index is 0.244. The monoisotopic (exact) mass is 249 g/mol. The molecule has 1 aliphatic carbocycles. The zero-order valence-corrected chi connectivity index (χ0v) is 12.2. The predicted octanol–water partition coefficient (Wildman–Crippen LogP) is 2.75. The summed E-state index contributed by atoms with van der Waals surface area (Å²) in [6.07, 6.45) is 6.82. The molecule has 1 aromatic rings. The quantitative estimate of drug-likeness (QED) is 0.895. The SMILES string of the molecule is CC1CCC(C(C)(C)Cc2ccn(C)n2)C(N)C1. The Morgan fingerprint density at radius 3 is 2.72 bits per heavy atom. The van der Waals surface area contributed by atoms with Gasteiger partial charge in [-0.25, -0.2) is 0 Å². The molecular formula is C15H27N3. The average Bonchev–Trinajstić information content (AvgIpc) is 2.62. The van der Waals surface area contributed by atoms with Crippen LogP contribution in [0.3, 0.4) is 0 Å². The number of hydrogen-bond acceptors (Lipinski definition) is 2. The molecule has 1 heterocycles. The van der Waals surface area contributed by atoms with Gasteiger partial charge in [-0.05, 0) is 42.6 Å². The van der Waals surface area contributed by atoms with Crippen molar-refractivity contribution >= 4 is 0 Å². The zero-order chi connectivity index (χ0) is 13.3. The number of aryl methyl sites for hydroxylation is 1. The topological polar surface area (TPSA) is 43.8 Å². The van der Waals surface area contributed by atoms with E-state index in [0.29, 0.717) is 12.0 Å². The lowest BCUT2D eigenvalue weighted by Crippen LogP contribution is -2.44. The highest BCUT2D eigenvalue weighted by Gasteiger charge is 2.37. The van der Waals surface area contributed by atoms with Crippen LogP contribution in [0.4, 0.5) is 0 Å². The van der Waals surface area contributed by atoms with Gasteiger partial charge in [0, 0.05) is 19.3 Å². The first-order chi connectivity index (χ1) is 8.38. The highest BCUT2D eigenvalue weighted by Crippen LogP contribution is 2.41. The van der Waals surface area contributed by atoms with E-state index < -0.39 is 0 Å². The molecular weight excluding hydrogens is 222 g/mol. The molecule has 3 nitrogen and oxygen atoms in total. The Hall–Kier alpha value is -0.830. The molecule has 2 rings (SSSR count). The lowest BCUT2D eigenvalue weighted by Gasteiger charge is -2.42. The minimum absolute atomic E-state index is 0.244. The van der Waals surface area contributed by atoms with Crippen LogP contribution in [0, 0.1) is 17.3 Å². The van der Waals surface area contributed by atoms with E-state index >= 15 is 0 Å². The summed E-state index contributed by atoms with van der Waals surface area (Å²) in [4.78, 5) is 0. The molecule has 1 aromatic heterocycles. The number of hydrogen-bond donors (Lipinski definition) is 1. The maximum Gasteiger partial charge on any atom is 0.0629 e. The Kier molecular flexibility index (Phi) is 3.81. The summed E-state index contributed by atoms with van der Waals surface area (Å²) in [6.45, 7) is 7.02. The van der Waals surface area contributed by atoms with Gasteiger partial charge in [-0.15, -0.1) is 0 Å². The van der Waals surface area contributed by atoms with Gasteiger partial charge >= 0.3 is 0 Å². The van der Waals surface area contributed by atoms with Crippen molar-refractivity contribution in [2.75, 3.05) is 0 Å². The van der Waals surface area contributed by atoms with E-state index in [9.17, 15) is 0 Å². The molecule has 1 saturated carbocycles. The maximum absolute atomic E-state index is 6.39. The van der Waals surface area contributed by atoms with Crippen molar-refractivity contribution in [3.63, 3.8) is 0 Å². The maximum atomic E-state index is 6.39. The molecule has 0 aromatic carbocycles. The van der Waals surface area contributed by atoms with Crippen LogP contribution in [0.5, 0.6) is 0 Å². The molecule has 0 saturated heterocycles. The Labute approximate surface area is 111 Å². The van der Waals surface area contributed by atoms with E-state index in [1.165, 1.54) is 25.0 Å². The fraction of sp³-hybridized carbons (Fsp3) is 0.800. The third-order valence-electron chi connectivity index (χ3n) is 4.57. The lowest BCUT2D eigenvalue weighted by molar-refractivity contribution is 0.112. The van der Waals surface area contributed by atoms with Crippen LogP contribution < -0.4 is 5.73 Å². The van der Waals surface area contributed by atoms with Gasteiger partial charge in [-0.2, -0.15) is 5.10 Å². The van der Waals surface area contributed by atoms with Gasteiger partial charge in [0.05, 0.1) is 5.69 Å². The smallest absolute Gasteiger partial charge is 0.0629 e. The highest BCUT2D eigenvalue weighted by molar-refractivity contribution is 5.04. The first kappa shape index (κ1) is 13.6. The van der Waals surface area contributed by atoms with Crippen LogP contribution in [0.15, 0.2) is 12.3 Å². The molecule has 2 N–H and O–H groups in total. The molecule has 18 heavy (non-hydrogen) atoms. The molecule has 0 bridgehead atoms. The molecule has 0 aliphatic heterocycles. The second kappa shape index (κ2) is 5.04. The normalized spacial score (nSPS) is 29.5. The predicted molar refractivity (Wildman–Crippen MR) is 75.2 cm³/mol. The van der Waals surface area contributed by atoms with Gasteiger partial charge < -0.3 is 5.73 Å². The summed E-state index contributed by atoms with van der Waals surface area (Å²) in [5, 5.41) is 4.51. The van der Waals surface area contributed by atoms with Crippen molar-refractivity contribution in [2.45, 2.75) is 52.5 Å². The van der Waals surface area contributed by atoms with E-state index in [1.807, 2.05) is 17.9 Å². The zero-order valence-electron chi connectivity index (χ0n) is 12.2. The minimum Gasteiger partial charge on any atom is -0.327 e. The first-order valence-corrected chi connectivity index (χ1v) is 7.12. The molecule has 0 amide bonds. The van der Waals surface area contributed by atoms with E-state index in [2.05, 4.69) is 31.9 Å². The van der Waals surface area contributed by atoms with E-state index in [-0.39, 0.29) is 5.41 Å². The molecule has 1 fully saturated rings. The van der Waals surface area contributed by atoms with Gasteiger partial charge in [0.2, 0.25) is 0 Å². The fourth-order valence-electron chi connectivity index (χ4n) is 3.55. The Morgan fingerprint density at radius 1 is 1.44 bits per heavy atom. The second-order valence-corrected chi connectivity index (χ2v) is 6.83. The summed E-state index contributed by atoms with van der Waals surface area (Å²) < 4.78 is 1.88. The summed E-state index contributed by atoms with van der Waals surface area (Å²) in [5.41, 5.74) is 7.82. The molecule has 0 radical (unpaired) electrons. The van der Waals surface area contributed by atoms with Gasteiger partial charge in [0.15, 0.2) is 0 Å². The summed E-state index contributed by atoms with van der Waals surface area (Å²) >= 11 is 0. The largest absolute Gasteiger partial charge is 0.327 e. The number of aromatic nitrogens is 2. The lowest BCUT2D eigenvalue weighted by atomic mass is 9.65. The van der Waals surface area contributed by atoms with Crippen molar-refractivity contribution in [3.8, 4) is 0 Å². The van der Waals surface area contributed by atoms with E-state index in [1.54, 1.807) is 0 Å². The van der Waals surface area contributed by atoms with Crippen molar-refractivity contribution in [1.29, 1.82) is 0 Å². The van der Waals surface area contributed by atoms with Gasteiger partial charge in [0.1, 0.15) is 0 Å². The average molecular weight is 249 g/mol. The van der Waals surface area contributed by atoms with Gasteiger partial charge in [-0.3, -0.25) is 4.68 Å². The summed E-state index contributed by atoms with van der Waals surface area (Å²) in [6, 6.07) is 2.48. The third-order valence-corrected chi connectivity index (χ3v) is 4.57. The highest BCUT2D eigenvalue weighted by atomic mass is 15.2. The third kappa shape index (κ3) is 2.94. The Balaban J connectivity index is 2.05. The van der Waals surface area contributed by atoms with E-state index in [4.69, 9.17) is 5.73 Å². The Morgan fingerprint density at radius 2 is 2.17 bits per heavy atom.